The molecule has 0 fully saturated rings. The maximum atomic E-state index is 8.70. The summed E-state index contributed by atoms with van der Waals surface area (Å²) in [6.07, 6.45) is 3.18. The number of hydrogen-bond acceptors (Lipinski definition) is 3. The van der Waals surface area contributed by atoms with E-state index in [0.717, 1.165) is 0 Å². The van der Waals surface area contributed by atoms with Crippen LogP contribution in [0.3, 0.4) is 0 Å². The normalized spacial score (nSPS) is 8.20. The quantitative estimate of drug-likeness (QED) is 0.389. The molecule has 0 heterocycles. The zero-order valence-corrected chi connectivity index (χ0v) is 6.24. The zero-order chi connectivity index (χ0) is 8.41. The van der Waals surface area contributed by atoms with Gasteiger partial charge in [-0.3, -0.25) is 4.99 Å². The molecular formula is C4H10N2O3P+. The van der Waals surface area contributed by atoms with Crippen molar-refractivity contribution in [3.63, 3.8) is 0 Å². The molecule has 0 atom stereocenters. The number of aliphatic imine (C=N–C) groups is 1. The summed E-state index contributed by atoms with van der Waals surface area (Å²) in [7, 11) is -2.87. The first-order valence-corrected chi connectivity index (χ1v) is 3.46. The monoisotopic (exact) mass is 165 g/mol. The lowest BCUT2D eigenvalue weighted by molar-refractivity contribution is 0.405. The maximum Gasteiger partial charge on any atom is 0.692 e. The minimum absolute atomic E-state index is 0.622. The molecule has 0 saturated heterocycles. The molecule has 0 saturated carbocycles. The molecular weight excluding hydrogens is 155 g/mol. The Labute approximate surface area is 59.9 Å². The largest absolute Gasteiger partial charge is 0.692 e. The number of hydrogen-bond donors (Lipinski definition) is 3. The average molecular weight is 165 g/mol. The molecule has 0 bridgehead atoms. The standard InChI is InChI=1S/C4H8N2.HO3P/c1-6-4-2-3-5;1-4(2)3/h2-3H,1,4-5H2;(H-,1,2,3)/p+1. The molecule has 0 aromatic carbocycles. The van der Waals surface area contributed by atoms with E-state index < -0.39 is 8.25 Å². The van der Waals surface area contributed by atoms with E-state index in [9.17, 15) is 0 Å². The van der Waals surface area contributed by atoms with Crippen molar-refractivity contribution in [3.05, 3.63) is 12.3 Å². The van der Waals surface area contributed by atoms with Crippen LogP contribution in [0.5, 0.6) is 0 Å². The Morgan fingerprint density at radius 3 is 2.20 bits per heavy atom. The van der Waals surface area contributed by atoms with Crippen LogP contribution >= 0.6 is 8.25 Å². The summed E-state index contributed by atoms with van der Waals surface area (Å²) < 4.78 is 8.70. The van der Waals surface area contributed by atoms with E-state index in [0.29, 0.717) is 6.54 Å². The van der Waals surface area contributed by atoms with Gasteiger partial charge < -0.3 is 5.73 Å². The third kappa shape index (κ3) is 56.4. The summed E-state index contributed by atoms with van der Waals surface area (Å²) in [6.45, 7) is 3.86. The van der Waals surface area contributed by atoms with Gasteiger partial charge in [0.15, 0.2) is 0 Å². The Bertz CT molecular complexity index is 122. The van der Waals surface area contributed by atoms with Crippen LogP contribution in [0, 0.1) is 0 Å². The molecule has 0 amide bonds. The Hall–Kier alpha value is -0.770. The van der Waals surface area contributed by atoms with Gasteiger partial charge >= 0.3 is 8.25 Å². The summed E-state index contributed by atoms with van der Waals surface area (Å²) in [5.74, 6) is 0. The van der Waals surface area contributed by atoms with E-state index in [4.69, 9.17) is 20.1 Å². The van der Waals surface area contributed by atoms with Crippen LogP contribution in [0.2, 0.25) is 0 Å². The molecule has 0 radical (unpaired) electrons. The third-order valence-corrected chi connectivity index (χ3v) is 0.371. The van der Waals surface area contributed by atoms with Crippen molar-refractivity contribution < 1.29 is 14.4 Å². The van der Waals surface area contributed by atoms with E-state index in [2.05, 4.69) is 11.7 Å². The summed E-state index contributed by atoms with van der Waals surface area (Å²) in [4.78, 5) is 17.7. The lowest BCUT2D eigenvalue weighted by Crippen LogP contribution is -1.77. The molecule has 0 unspecified atom stereocenters. The van der Waals surface area contributed by atoms with Gasteiger partial charge in [-0.1, -0.05) is 0 Å². The highest BCUT2D eigenvalue weighted by Gasteiger charge is 1.93. The second-order valence-electron chi connectivity index (χ2n) is 1.09. The highest BCUT2D eigenvalue weighted by Crippen LogP contribution is 1.98. The molecule has 0 rings (SSSR count). The van der Waals surface area contributed by atoms with Crippen molar-refractivity contribution in [1.82, 2.24) is 0 Å². The molecule has 0 spiro atoms. The van der Waals surface area contributed by atoms with E-state index in [-0.39, 0.29) is 0 Å². The first-order valence-electron chi connectivity index (χ1n) is 2.29. The van der Waals surface area contributed by atoms with Gasteiger partial charge in [0.1, 0.15) is 0 Å². The second-order valence-corrected chi connectivity index (χ2v) is 1.59. The molecule has 0 aliphatic rings. The lowest BCUT2D eigenvalue weighted by Gasteiger charge is -1.71. The zero-order valence-electron chi connectivity index (χ0n) is 5.34. The highest BCUT2D eigenvalue weighted by molar-refractivity contribution is 7.30. The first-order chi connectivity index (χ1) is 4.65. The molecule has 0 aliphatic heterocycles. The summed E-state index contributed by atoms with van der Waals surface area (Å²) >= 11 is 0. The van der Waals surface area contributed by atoms with E-state index in [1.54, 1.807) is 6.08 Å². The van der Waals surface area contributed by atoms with Crippen molar-refractivity contribution in [3.8, 4) is 0 Å². The van der Waals surface area contributed by atoms with Gasteiger partial charge in [0.25, 0.3) is 0 Å². The molecule has 4 N–H and O–H groups in total. The Balaban J connectivity index is 0. The van der Waals surface area contributed by atoms with Crippen molar-refractivity contribution >= 4 is 15.0 Å². The Kier molecular flexibility index (Phi) is 13.3. The van der Waals surface area contributed by atoms with Crippen LogP contribution in [-0.4, -0.2) is 23.0 Å². The van der Waals surface area contributed by atoms with Crippen LogP contribution in [0.15, 0.2) is 17.3 Å². The first kappa shape index (κ1) is 12.0. The van der Waals surface area contributed by atoms with Gasteiger partial charge in [-0.15, -0.1) is 9.79 Å². The lowest BCUT2D eigenvalue weighted by atomic mass is 10.6. The van der Waals surface area contributed by atoms with Crippen molar-refractivity contribution in [2.24, 2.45) is 10.7 Å². The molecule has 5 nitrogen and oxygen atoms in total. The molecule has 6 heteroatoms. The molecule has 58 valence electrons. The summed E-state index contributed by atoms with van der Waals surface area (Å²) in [5, 5.41) is 0. The molecule has 0 aromatic heterocycles. The van der Waals surface area contributed by atoms with Gasteiger partial charge in [-0.25, -0.2) is 0 Å². The van der Waals surface area contributed by atoms with Crippen LogP contribution < -0.4 is 5.73 Å². The van der Waals surface area contributed by atoms with Gasteiger partial charge in [-0.05, 0) is 19.0 Å². The fraction of sp³-hybridized carbons (Fsp3) is 0.250. The average Bonchev–Trinajstić information content (AvgIpc) is 1.82. The molecule has 10 heavy (non-hydrogen) atoms. The van der Waals surface area contributed by atoms with Gasteiger partial charge in [-0.2, -0.15) is 0 Å². The fourth-order valence-electron chi connectivity index (χ4n) is 0.135. The van der Waals surface area contributed by atoms with Crippen LogP contribution in [-0.2, 0) is 4.57 Å². The predicted molar refractivity (Wildman–Crippen MR) is 39.8 cm³/mol. The summed E-state index contributed by atoms with van der Waals surface area (Å²) in [6, 6.07) is 0. The molecule has 0 aliphatic carbocycles. The third-order valence-electron chi connectivity index (χ3n) is 0.371. The topological polar surface area (TPSA) is 95.9 Å². The maximum absolute atomic E-state index is 8.70. The van der Waals surface area contributed by atoms with Crippen LogP contribution in [0.1, 0.15) is 0 Å². The Morgan fingerprint density at radius 2 is 2.10 bits per heavy atom. The van der Waals surface area contributed by atoms with Gasteiger partial charge in [0, 0.05) is 4.57 Å². The summed E-state index contributed by atoms with van der Waals surface area (Å²) in [5.41, 5.74) is 4.95. The van der Waals surface area contributed by atoms with E-state index in [1.807, 2.05) is 0 Å². The molecule has 0 aromatic rings. The minimum Gasteiger partial charge on any atom is -0.405 e. The Morgan fingerprint density at radius 1 is 1.70 bits per heavy atom. The van der Waals surface area contributed by atoms with E-state index >= 15 is 0 Å². The van der Waals surface area contributed by atoms with Gasteiger partial charge in [0.2, 0.25) is 0 Å². The minimum atomic E-state index is -2.87. The van der Waals surface area contributed by atoms with Crippen molar-refractivity contribution in [1.29, 1.82) is 0 Å². The smallest absolute Gasteiger partial charge is 0.405 e. The SMILES string of the molecule is C=NCC=CN.O=[P+](O)O. The van der Waals surface area contributed by atoms with Crippen LogP contribution in [0.4, 0.5) is 0 Å². The van der Waals surface area contributed by atoms with E-state index in [1.165, 1.54) is 6.20 Å². The second kappa shape index (κ2) is 11.1. The predicted octanol–water partition coefficient (Wildman–Crippen LogP) is -0.212. The van der Waals surface area contributed by atoms with Crippen molar-refractivity contribution in [2.45, 2.75) is 0 Å². The highest BCUT2D eigenvalue weighted by atomic mass is 31.1. The van der Waals surface area contributed by atoms with Crippen molar-refractivity contribution in [2.75, 3.05) is 6.54 Å². The fourth-order valence-corrected chi connectivity index (χ4v) is 0.135. The number of rotatable bonds is 2. The van der Waals surface area contributed by atoms with Gasteiger partial charge in [0.05, 0.1) is 6.54 Å². The van der Waals surface area contributed by atoms with Crippen LogP contribution in [0.25, 0.3) is 0 Å². The number of nitrogens with zero attached hydrogens (tertiary/aromatic N) is 1. The number of nitrogens with two attached hydrogens (primary N) is 1.